The molecule has 1 aromatic rings. The fourth-order valence-electron chi connectivity index (χ4n) is 4.68. The zero-order valence-corrected chi connectivity index (χ0v) is 24.8. The van der Waals surface area contributed by atoms with Crippen LogP contribution in [0.5, 0.6) is 0 Å². The van der Waals surface area contributed by atoms with Gasteiger partial charge < -0.3 is 9.47 Å². The molecule has 0 unspecified atom stereocenters. The minimum absolute atomic E-state index is 0.164. The topological polar surface area (TPSA) is 68.7 Å². The first-order valence-corrected chi connectivity index (χ1v) is 15.1. The monoisotopic (exact) mass is 552 g/mol. The predicted octanol–water partition coefficient (Wildman–Crippen LogP) is 6.69. The van der Waals surface area contributed by atoms with E-state index in [1.54, 1.807) is 17.4 Å². The molecule has 2 aliphatic heterocycles. The molecule has 0 radical (unpaired) electrons. The average molecular weight is 553 g/mol. The number of carbonyl (C=O) groups excluding carboxylic acids is 2. The van der Waals surface area contributed by atoms with Crippen LogP contribution < -0.4 is 0 Å². The maximum Gasteiger partial charge on any atom is 0.331 e. The highest BCUT2D eigenvalue weighted by atomic mass is 32.1. The molecule has 2 bridgehead atoms. The average Bonchev–Trinajstić information content (AvgIpc) is 3.55. The number of likely N-dealkylation sites (tertiary alicyclic amines) is 1. The summed E-state index contributed by atoms with van der Waals surface area (Å²) >= 11 is 1.59. The van der Waals surface area contributed by atoms with E-state index in [2.05, 4.69) is 35.4 Å². The Morgan fingerprint density at radius 1 is 1.05 bits per heavy atom. The fourth-order valence-corrected chi connectivity index (χ4v) is 5.56. The van der Waals surface area contributed by atoms with Crippen molar-refractivity contribution in [1.82, 2.24) is 9.88 Å². The van der Waals surface area contributed by atoms with Crippen molar-refractivity contribution in [2.24, 2.45) is 0 Å². The lowest BCUT2D eigenvalue weighted by Gasteiger charge is -2.13. The smallest absolute Gasteiger partial charge is 0.331 e. The molecule has 0 aromatic carbocycles. The summed E-state index contributed by atoms with van der Waals surface area (Å²) < 4.78 is 11.4. The second-order valence-corrected chi connectivity index (χ2v) is 11.6. The number of hydrogen-bond donors (Lipinski definition) is 0. The third kappa shape index (κ3) is 12.3. The van der Waals surface area contributed by atoms with E-state index in [1.165, 1.54) is 37.6 Å². The molecule has 212 valence electrons. The van der Waals surface area contributed by atoms with Gasteiger partial charge in [-0.05, 0) is 79.0 Å². The molecule has 6 nitrogen and oxygen atoms in total. The van der Waals surface area contributed by atoms with Gasteiger partial charge in [-0.25, -0.2) is 9.78 Å². The molecular formula is C32H44N2O4S. The van der Waals surface area contributed by atoms with Crippen LogP contribution in [0.1, 0.15) is 76.9 Å². The third-order valence-corrected chi connectivity index (χ3v) is 7.71. The van der Waals surface area contributed by atoms with Crippen LogP contribution in [0.4, 0.5) is 0 Å². The summed E-state index contributed by atoms with van der Waals surface area (Å²) in [7, 11) is 0. The Bertz CT molecular complexity index is 1110. The van der Waals surface area contributed by atoms with Crippen LogP contribution in [0, 0.1) is 0 Å². The number of fused-ring (bicyclic) bond motifs is 2. The molecule has 2 aliphatic rings. The number of rotatable bonds is 5. The van der Waals surface area contributed by atoms with Crippen molar-refractivity contribution in [3.63, 3.8) is 0 Å². The van der Waals surface area contributed by atoms with E-state index in [1.807, 2.05) is 32.9 Å². The first-order valence-electron chi connectivity index (χ1n) is 14.2. The van der Waals surface area contributed by atoms with Crippen LogP contribution >= 0.6 is 11.3 Å². The van der Waals surface area contributed by atoms with E-state index >= 15 is 0 Å². The molecule has 0 spiro atoms. The Morgan fingerprint density at radius 3 is 2.59 bits per heavy atom. The van der Waals surface area contributed by atoms with Gasteiger partial charge in [0.25, 0.3) is 0 Å². The Hall–Kier alpha value is -2.77. The molecule has 3 rings (SSSR count). The number of aromatic nitrogens is 1. The lowest BCUT2D eigenvalue weighted by Crippen LogP contribution is -2.18. The number of esters is 2. The summed E-state index contributed by atoms with van der Waals surface area (Å²) in [5.41, 5.74) is 4.30. The maximum atomic E-state index is 12.7. The fraction of sp³-hybridized carbons (Fsp3) is 0.531. The van der Waals surface area contributed by atoms with Crippen molar-refractivity contribution in [3.8, 4) is 0 Å². The summed E-state index contributed by atoms with van der Waals surface area (Å²) in [6, 6.07) is 0. The normalized spacial score (nSPS) is 25.8. The Balaban J connectivity index is 1.72. The quantitative estimate of drug-likeness (QED) is 0.299. The number of carbonyl (C=O) groups is 2. The summed E-state index contributed by atoms with van der Waals surface area (Å²) in [6.45, 7) is 11.4. The molecule has 0 N–H and O–H groups in total. The molecule has 0 saturated carbocycles. The van der Waals surface area contributed by atoms with Gasteiger partial charge in [0, 0.05) is 37.3 Å². The predicted molar refractivity (Wildman–Crippen MR) is 159 cm³/mol. The summed E-state index contributed by atoms with van der Waals surface area (Å²) in [5.74, 6) is -0.560. The molecule has 1 saturated heterocycles. The Labute approximate surface area is 238 Å². The largest absolute Gasteiger partial charge is 0.462 e. The summed E-state index contributed by atoms with van der Waals surface area (Å²) in [5, 5.41) is 2.99. The summed E-state index contributed by atoms with van der Waals surface area (Å²) in [6.07, 6.45) is 19.5. The van der Waals surface area contributed by atoms with E-state index < -0.39 is 12.1 Å². The van der Waals surface area contributed by atoms with Crippen LogP contribution in [0.3, 0.4) is 0 Å². The number of hydrogen-bond acceptors (Lipinski definition) is 7. The molecule has 0 aliphatic carbocycles. The zero-order valence-electron chi connectivity index (χ0n) is 24.0. The van der Waals surface area contributed by atoms with Crippen molar-refractivity contribution in [1.29, 1.82) is 0 Å². The first-order chi connectivity index (χ1) is 18.8. The number of nitrogens with zero attached hydrogens (tertiary/aromatic N) is 2. The van der Waals surface area contributed by atoms with Crippen LogP contribution in [0.25, 0.3) is 0 Å². The first kappa shape index (κ1) is 30.8. The van der Waals surface area contributed by atoms with Crippen molar-refractivity contribution in [2.45, 2.75) is 91.3 Å². The number of ether oxygens (including phenoxy) is 2. The second-order valence-electron chi connectivity index (χ2n) is 10.7. The van der Waals surface area contributed by atoms with E-state index in [9.17, 15) is 9.59 Å². The molecule has 1 fully saturated rings. The van der Waals surface area contributed by atoms with Gasteiger partial charge in [-0.1, -0.05) is 47.1 Å². The molecule has 3 heterocycles. The lowest BCUT2D eigenvalue weighted by atomic mass is 10.1. The van der Waals surface area contributed by atoms with E-state index in [4.69, 9.17) is 14.5 Å². The molecule has 39 heavy (non-hydrogen) atoms. The molecule has 7 heteroatoms. The Morgan fingerprint density at radius 2 is 1.79 bits per heavy atom. The standard InChI is InChI=1S/C32H44N2O4S/c1-24(16-19-34-17-7-8-18-34)14-15-26(3)21-29-22-30-33-28(23-39-30)11-5-6-12-31(35)37-27(4)20-25(2)10-9-13-32(36)38-29/h9-10,13-16,21,23,27,29H,5-8,11-12,17-20,22H2,1-4H3/b13-9-,15-14+,24-16+,25-10+,26-21+/t27-,29+/m0/s1. The number of cyclic esters (lactones) is 2. The minimum atomic E-state index is -0.419. The van der Waals surface area contributed by atoms with Crippen molar-refractivity contribution in [2.75, 3.05) is 19.6 Å². The van der Waals surface area contributed by atoms with Gasteiger partial charge in [-0.15, -0.1) is 11.3 Å². The highest BCUT2D eigenvalue weighted by Crippen LogP contribution is 2.18. The van der Waals surface area contributed by atoms with E-state index in [0.717, 1.165) is 47.7 Å². The van der Waals surface area contributed by atoms with Crippen LogP contribution in [0.2, 0.25) is 0 Å². The number of aryl methyl sites for hydroxylation is 1. The van der Waals surface area contributed by atoms with Crippen LogP contribution in [0.15, 0.2) is 64.6 Å². The van der Waals surface area contributed by atoms with Gasteiger partial charge in [0.1, 0.15) is 12.2 Å². The van der Waals surface area contributed by atoms with Gasteiger partial charge in [0.2, 0.25) is 0 Å². The van der Waals surface area contributed by atoms with E-state index in [0.29, 0.717) is 19.3 Å². The highest BCUT2D eigenvalue weighted by molar-refractivity contribution is 7.09. The molecular weight excluding hydrogens is 508 g/mol. The van der Waals surface area contributed by atoms with Gasteiger partial charge in [0.15, 0.2) is 0 Å². The SMILES string of the molecule is CC(/C=C/C(C)=C/[C@@H]1Cc2nc(cs2)CCCCC(=O)O[C@@H](C)C/C(C)=C/C=C\C(=O)O1)=C\CN1CCCC1. The van der Waals surface area contributed by atoms with E-state index in [-0.39, 0.29) is 12.1 Å². The van der Waals surface area contributed by atoms with Crippen LogP contribution in [-0.2, 0) is 31.9 Å². The highest BCUT2D eigenvalue weighted by Gasteiger charge is 2.15. The molecule has 0 amide bonds. The Kier molecular flexibility index (Phi) is 12.9. The maximum absolute atomic E-state index is 12.7. The molecule has 1 aromatic heterocycles. The summed E-state index contributed by atoms with van der Waals surface area (Å²) in [4.78, 5) is 32.1. The van der Waals surface area contributed by atoms with Crippen molar-refractivity contribution < 1.29 is 19.1 Å². The van der Waals surface area contributed by atoms with Gasteiger partial charge in [0.05, 0.1) is 10.7 Å². The molecule has 2 atom stereocenters. The number of allylic oxidation sites excluding steroid dienone is 6. The van der Waals surface area contributed by atoms with Crippen molar-refractivity contribution >= 4 is 23.3 Å². The van der Waals surface area contributed by atoms with Gasteiger partial charge in [-0.2, -0.15) is 0 Å². The van der Waals surface area contributed by atoms with Crippen LogP contribution in [-0.4, -0.2) is 53.7 Å². The third-order valence-electron chi connectivity index (χ3n) is 6.79. The second kappa shape index (κ2) is 16.4. The van der Waals surface area contributed by atoms with Gasteiger partial charge in [-0.3, -0.25) is 9.69 Å². The zero-order chi connectivity index (χ0) is 28.0. The van der Waals surface area contributed by atoms with Crippen molar-refractivity contribution in [3.05, 3.63) is 75.3 Å². The lowest BCUT2D eigenvalue weighted by molar-refractivity contribution is -0.148. The van der Waals surface area contributed by atoms with Gasteiger partial charge >= 0.3 is 11.9 Å². The number of thiazole rings is 1. The minimum Gasteiger partial charge on any atom is -0.462 e.